The third-order valence-electron chi connectivity index (χ3n) is 5.55. The van der Waals surface area contributed by atoms with Crippen LogP contribution < -0.4 is 4.31 Å². The fraction of sp³-hybridized carbons (Fsp3) is 0.227. The van der Waals surface area contributed by atoms with Crippen LogP contribution in [0.4, 0.5) is 5.69 Å². The quantitative estimate of drug-likeness (QED) is 0.461. The Labute approximate surface area is 179 Å². The maximum atomic E-state index is 13.6. The van der Waals surface area contributed by atoms with Crippen LogP contribution in [0.15, 0.2) is 63.0 Å². The molecule has 4 aromatic rings. The van der Waals surface area contributed by atoms with Gasteiger partial charge in [0.15, 0.2) is 0 Å². The predicted octanol–water partition coefficient (Wildman–Crippen LogP) is 4.75. The van der Waals surface area contributed by atoms with E-state index in [1.807, 2.05) is 62.0 Å². The first-order chi connectivity index (χ1) is 14.4. The maximum absolute atomic E-state index is 13.6. The number of aryl methyl sites for hydroxylation is 3. The van der Waals surface area contributed by atoms with Crippen molar-refractivity contribution < 1.29 is 12.9 Å². The number of sulfonamides is 1. The highest BCUT2D eigenvalue weighted by Gasteiger charge is 2.30. The number of rotatable bonds is 3. The summed E-state index contributed by atoms with van der Waals surface area (Å²) in [5.41, 5.74) is 4.32. The fourth-order valence-corrected chi connectivity index (χ4v) is 6.70. The first kappa shape index (κ1) is 19.3. The molecule has 2 aromatic carbocycles. The molecule has 0 fully saturated rings. The van der Waals surface area contributed by atoms with Gasteiger partial charge in [0.2, 0.25) is 0 Å². The lowest BCUT2D eigenvalue weighted by molar-refractivity contribution is 0.393. The van der Waals surface area contributed by atoms with Crippen molar-refractivity contribution in [1.29, 1.82) is 0 Å². The first-order valence-corrected chi connectivity index (χ1v) is 12.1. The van der Waals surface area contributed by atoms with E-state index >= 15 is 0 Å². The van der Waals surface area contributed by atoms with Crippen LogP contribution in [0.1, 0.15) is 11.5 Å². The summed E-state index contributed by atoms with van der Waals surface area (Å²) in [6.45, 7) is 4.19. The molecule has 0 N–H and O–H groups in total. The lowest BCUT2D eigenvalue weighted by atomic mass is 10.0. The van der Waals surface area contributed by atoms with Gasteiger partial charge < -0.3 is 9.09 Å². The first-order valence-electron chi connectivity index (χ1n) is 9.64. The second kappa shape index (κ2) is 6.92. The summed E-state index contributed by atoms with van der Waals surface area (Å²) in [5.74, 6) is 1.43. The van der Waals surface area contributed by atoms with Crippen molar-refractivity contribution >= 4 is 38.4 Å². The Kier molecular flexibility index (Phi) is 4.44. The minimum absolute atomic E-state index is 0.307. The molecule has 0 radical (unpaired) electrons. The number of anilines is 1. The zero-order valence-corrected chi connectivity index (χ0v) is 18.5. The van der Waals surface area contributed by atoms with Crippen molar-refractivity contribution in [1.82, 2.24) is 9.72 Å². The summed E-state index contributed by atoms with van der Waals surface area (Å²) in [6, 6.07) is 13.2. The molecule has 1 aliphatic rings. The monoisotopic (exact) mass is 439 g/mol. The van der Waals surface area contributed by atoms with Gasteiger partial charge in [-0.1, -0.05) is 11.2 Å². The van der Waals surface area contributed by atoms with Crippen molar-refractivity contribution in [3.63, 3.8) is 0 Å². The molecule has 0 bridgehead atoms. The minimum atomic E-state index is -3.69. The summed E-state index contributed by atoms with van der Waals surface area (Å²) < 4.78 is 36.0. The minimum Gasteiger partial charge on any atom is -0.361 e. The molecule has 5 rings (SSSR count). The van der Waals surface area contributed by atoms with E-state index in [2.05, 4.69) is 5.16 Å². The van der Waals surface area contributed by atoms with Gasteiger partial charge in [-0.2, -0.15) is 0 Å². The van der Waals surface area contributed by atoms with Crippen molar-refractivity contribution in [2.45, 2.75) is 23.6 Å². The molecular formula is C22H21N3O3S2. The number of benzene rings is 2. The van der Waals surface area contributed by atoms with Crippen LogP contribution in [-0.2, 0) is 17.1 Å². The van der Waals surface area contributed by atoms with Gasteiger partial charge in [-0.25, -0.2) is 8.42 Å². The lowest BCUT2D eigenvalue weighted by Gasteiger charge is -2.30. The summed E-state index contributed by atoms with van der Waals surface area (Å²) in [7, 11) is -1.74. The topological polar surface area (TPSA) is 68.3 Å². The average molecular weight is 440 g/mol. The van der Waals surface area contributed by atoms with Crippen LogP contribution in [0, 0.1) is 13.8 Å². The predicted molar refractivity (Wildman–Crippen MR) is 120 cm³/mol. The van der Waals surface area contributed by atoms with Gasteiger partial charge in [0.1, 0.15) is 5.76 Å². The molecule has 0 atom stereocenters. The van der Waals surface area contributed by atoms with E-state index in [1.54, 1.807) is 23.9 Å². The number of nitrogens with zero attached hydrogens (tertiary/aromatic N) is 3. The Hall–Kier alpha value is -2.71. The third kappa shape index (κ3) is 2.94. The van der Waals surface area contributed by atoms with E-state index in [1.165, 1.54) is 4.31 Å². The van der Waals surface area contributed by atoms with Gasteiger partial charge in [0.25, 0.3) is 10.0 Å². The number of aromatic nitrogens is 2. The highest BCUT2D eigenvalue weighted by Crippen LogP contribution is 2.41. The second-order valence-corrected chi connectivity index (χ2v) is 10.5. The zero-order chi connectivity index (χ0) is 21.0. The van der Waals surface area contributed by atoms with Gasteiger partial charge in [0, 0.05) is 46.9 Å². The Morgan fingerprint density at radius 1 is 1.10 bits per heavy atom. The van der Waals surface area contributed by atoms with E-state index in [0.717, 1.165) is 38.4 Å². The van der Waals surface area contributed by atoms with Gasteiger partial charge in [-0.05, 0) is 55.8 Å². The number of fused-ring (bicyclic) bond motifs is 2. The molecule has 154 valence electrons. The number of hydrogen-bond donors (Lipinski definition) is 0. The van der Waals surface area contributed by atoms with Crippen molar-refractivity contribution in [2.75, 3.05) is 16.6 Å². The molecule has 30 heavy (non-hydrogen) atoms. The largest absolute Gasteiger partial charge is 0.361 e. The molecule has 3 heterocycles. The Morgan fingerprint density at radius 3 is 2.70 bits per heavy atom. The van der Waals surface area contributed by atoms with E-state index in [4.69, 9.17) is 4.52 Å². The van der Waals surface area contributed by atoms with Crippen LogP contribution >= 0.6 is 11.8 Å². The lowest BCUT2D eigenvalue weighted by Crippen LogP contribution is -2.35. The number of thioether (sulfide) groups is 1. The third-order valence-corrected chi connectivity index (χ3v) is 8.40. The summed E-state index contributed by atoms with van der Waals surface area (Å²) >= 11 is 1.68. The molecule has 0 unspecified atom stereocenters. The van der Waals surface area contributed by atoms with Crippen LogP contribution in [-0.4, -0.2) is 30.4 Å². The van der Waals surface area contributed by atoms with Crippen LogP contribution in [0.3, 0.4) is 0 Å². The van der Waals surface area contributed by atoms with E-state index in [-0.39, 0.29) is 0 Å². The maximum Gasteiger partial charge on any atom is 0.264 e. The van der Waals surface area contributed by atoms with E-state index in [9.17, 15) is 8.42 Å². The highest BCUT2D eigenvalue weighted by molar-refractivity contribution is 8.00. The smallest absolute Gasteiger partial charge is 0.264 e. The second-order valence-electron chi connectivity index (χ2n) is 7.45. The standard InChI is InChI=1S/C22H21N3O3S2/c1-14-22(15(2)28-23-14)17-4-7-21-20(13-17)25(10-11-29-21)30(26,27)18-5-6-19-16(12-18)8-9-24(19)3/h4-9,12-13H,10-11H2,1-3H3. The Bertz CT molecular complexity index is 1370. The molecule has 6 nitrogen and oxygen atoms in total. The van der Waals surface area contributed by atoms with E-state index < -0.39 is 10.0 Å². The van der Waals surface area contributed by atoms with Gasteiger partial charge in [0.05, 0.1) is 16.3 Å². The molecule has 0 saturated carbocycles. The normalized spacial score (nSPS) is 14.3. The van der Waals surface area contributed by atoms with Crippen molar-refractivity contribution in [3.8, 4) is 11.1 Å². The molecule has 0 spiro atoms. The fourth-order valence-electron chi connectivity index (χ4n) is 4.04. The van der Waals surface area contributed by atoms with Gasteiger partial charge in [-0.3, -0.25) is 4.31 Å². The van der Waals surface area contributed by atoms with Crippen molar-refractivity contribution in [2.24, 2.45) is 7.05 Å². The summed E-state index contributed by atoms with van der Waals surface area (Å²) in [4.78, 5) is 1.27. The molecular weight excluding hydrogens is 418 g/mol. The van der Waals surface area contributed by atoms with Crippen LogP contribution in [0.5, 0.6) is 0 Å². The molecule has 0 amide bonds. The molecule has 2 aromatic heterocycles. The average Bonchev–Trinajstić information content (AvgIpc) is 3.28. The SMILES string of the molecule is Cc1noc(C)c1-c1ccc2c(c1)N(S(=O)(=O)c1ccc3c(ccn3C)c1)CCS2. The summed E-state index contributed by atoms with van der Waals surface area (Å²) in [6.07, 6.45) is 1.93. The molecule has 0 aliphatic carbocycles. The van der Waals surface area contributed by atoms with Crippen molar-refractivity contribution in [3.05, 3.63) is 60.1 Å². The Balaban J connectivity index is 1.63. The zero-order valence-electron chi connectivity index (χ0n) is 16.9. The number of hydrogen-bond acceptors (Lipinski definition) is 5. The van der Waals surface area contributed by atoms with Crippen LogP contribution in [0.2, 0.25) is 0 Å². The highest BCUT2D eigenvalue weighted by atomic mass is 32.2. The molecule has 1 aliphatic heterocycles. The molecule has 0 saturated heterocycles. The van der Waals surface area contributed by atoms with Gasteiger partial charge >= 0.3 is 0 Å². The molecule has 8 heteroatoms. The van der Waals surface area contributed by atoms with E-state index in [0.29, 0.717) is 22.9 Å². The van der Waals surface area contributed by atoms with Crippen LogP contribution in [0.25, 0.3) is 22.0 Å². The van der Waals surface area contributed by atoms with Gasteiger partial charge in [-0.15, -0.1) is 11.8 Å². The summed E-state index contributed by atoms with van der Waals surface area (Å²) in [5, 5.41) is 4.95. The Morgan fingerprint density at radius 2 is 1.93 bits per heavy atom.